The van der Waals surface area contributed by atoms with Gasteiger partial charge in [0.1, 0.15) is 5.54 Å². The summed E-state index contributed by atoms with van der Waals surface area (Å²) in [6, 6.07) is 5.57. The third kappa shape index (κ3) is 4.03. The zero-order chi connectivity index (χ0) is 22.4. The minimum absolute atomic E-state index is 0.0734. The Hall–Kier alpha value is -2.91. The first kappa shape index (κ1) is 21.3. The minimum Gasteiger partial charge on any atom is -0.336 e. The van der Waals surface area contributed by atoms with Crippen molar-refractivity contribution in [3.8, 4) is 11.8 Å². The highest BCUT2D eigenvalue weighted by Crippen LogP contribution is 2.38. The van der Waals surface area contributed by atoms with Gasteiger partial charge in [0.05, 0.1) is 33.5 Å². The first-order chi connectivity index (χ1) is 14.6. The highest BCUT2D eigenvalue weighted by Gasteiger charge is 2.48. The van der Waals surface area contributed by atoms with Crippen LogP contribution in [0.2, 0.25) is 0 Å². The average Bonchev–Trinajstić information content (AvgIpc) is 3.15. The van der Waals surface area contributed by atoms with E-state index in [0.717, 1.165) is 12.1 Å². The van der Waals surface area contributed by atoms with Gasteiger partial charge in [-0.2, -0.15) is 23.5 Å². The Morgan fingerprint density at radius 1 is 1.35 bits per heavy atom. The summed E-state index contributed by atoms with van der Waals surface area (Å²) in [6.07, 6.45) is -1.22. The van der Waals surface area contributed by atoms with Gasteiger partial charge in [-0.15, -0.1) is 0 Å². The van der Waals surface area contributed by atoms with Crippen molar-refractivity contribution in [1.29, 1.82) is 5.26 Å². The summed E-state index contributed by atoms with van der Waals surface area (Å²) in [7, 11) is -4.40. The van der Waals surface area contributed by atoms with E-state index in [1.807, 2.05) is 6.07 Å². The first-order valence-corrected chi connectivity index (χ1v) is 11.0. The van der Waals surface area contributed by atoms with Gasteiger partial charge in [0.15, 0.2) is 9.84 Å². The lowest BCUT2D eigenvalue weighted by atomic mass is 10.2. The highest BCUT2D eigenvalue weighted by molar-refractivity contribution is 7.92. The number of amides is 1. The lowest BCUT2D eigenvalue weighted by Gasteiger charge is -2.18. The topological polar surface area (TPSA) is 117 Å². The number of halogens is 3. The fourth-order valence-corrected chi connectivity index (χ4v) is 5.44. The molecule has 2 heterocycles. The van der Waals surface area contributed by atoms with Crippen molar-refractivity contribution in [2.24, 2.45) is 0 Å². The van der Waals surface area contributed by atoms with Crippen LogP contribution in [-0.2, 0) is 20.8 Å². The molecule has 1 aliphatic heterocycles. The number of alkyl halides is 3. The van der Waals surface area contributed by atoms with E-state index in [-0.39, 0.29) is 18.7 Å². The molecule has 2 aliphatic rings. The van der Waals surface area contributed by atoms with Gasteiger partial charge in [-0.25, -0.2) is 13.1 Å². The number of hydrogen-bond donors (Lipinski definition) is 2. The molecule has 1 aromatic heterocycles. The van der Waals surface area contributed by atoms with Gasteiger partial charge in [0.25, 0.3) is 0 Å². The Morgan fingerprint density at radius 3 is 2.68 bits per heavy atom. The normalized spacial score (nSPS) is 22.6. The zero-order valence-corrected chi connectivity index (χ0v) is 16.9. The van der Waals surface area contributed by atoms with Crippen LogP contribution in [0.1, 0.15) is 24.8 Å². The molecule has 1 aromatic carbocycles. The number of aromatic nitrogens is 2. The van der Waals surface area contributed by atoms with Crippen molar-refractivity contribution in [3.05, 3.63) is 42.2 Å². The maximum absolute atomic E-state index is 13.7. The van der Waals surface area contributed by atoms with Gasteiger partial charge >= 0.3 is 6.18 Å². The predicted octanol–water partition coefficient (Wildman–Crippen LogP) is 1.57. The molecule has 2 fully saturated rings. The van der Waals surface area contributed by atoms with E-state index in [1.54, 1.807) is 0 Å². The number of hydrogen-bond acceptors (Lipinski definition) is 6. The number of sulfone groups is 1. The molecule has 1 saturated heterocycles. The molecule has 0 unspecified atom stereocenters. The molecular formula is C19H18F3N5O3S. The van der Waals surface area contributed by atoms with E-state index in [9.17, 15) is 26.4 Å². The van der Waals surface area contributed by atoms with Crippen molar-refractivity contribution in [3.63, 3.8) is 0 Å². The highest BCUT2D eigenvalue weighted by atomic mass is 32.2. The number of carbonyl (C=O) groups excluding carboxylic acids is 1. The van der Waals surface area contributed by atoms with Crippen LogP contribution in [0.5, 0.6) is 0 Å². The predicted molar refractivity (Wildman–Crippen MR) is 102 cm³/mol. The van der Waals surface area contributed by atoms with Crippen LogP contribution in [0, 0.1) is 11.3 Å². The van der Waals surface area contributed by atoms with Crippen molar-refractivity contribution in [2.75, 3.05) is 6.54 Å². The van der Waals surface area contributed by atoms with Gasteiger partial charge in [-0.1, -0.05) is 0 Å². The van der Waals surface area contributed by atoms with E-state index in [2.05, 4.69) is 15.7 Å². The molecule has 8 nitrogen and oxygen atoms in total. The summed E-state index contributed by atoms with van der Waals surface area (Å²) in [4.78, 5) is 11.5. The van der Waals surface area contributed by atoms with Crippen LogP contribution in [0.4, 0.5) is 13.2 Å². The van der Waals surface area contributed by atoms with Crippen molar-refractivity contribution in [1.82, 2.24) is 20.4 Å². The number of carbonyl (C=O) groups is 1. The summed E-state index contributed by atoms with van der Waals surface area (Å²) in [5.74, 6) is -0.526. The third-order valence-corrected chi connectivity index (χ3v) is 7.72. The standard InChI is InChI=1S/C19H18F3N5O3S/c20-19(21,22)14-8-12(27-7-1-6-25-27)2-3-16(14)31(29,30)13-9-15(24-10-13)17(28)26-18(11-23)4-5-18/h1-3,6-8,13,15,24H,4-5,9-10H2,(H,26,28)/t13-,15+/m1/s1. The minimum atomic E-state index is -4.90. The molecule has 1 aliphatic carbocycles. The fraction of sp³-hybridized carbons (Fsp3) is 0.421. The lowest BCUT2D eigenvalue weighted by Crippen LogP contribution is -2.45. The summed E-state index contributed by atoms with van der Waals surface area (Å²) in [5.41, 5.74) is -2.12. The Balaban J connectivity index is 1.60. The van der Waals surface area contributed by atoms with Crippen LogP contribution in [0.25, 0.3) is 5.69 Å². The fourth-order valence-electron chi connectivity index (χ4n) is 3.58. The van der Waals surface area contributed by atoms with Gasteiger partial charge in [-0.3, -0.25) is 4.79 Å². The Bertz CT molecular complexity index is 1150. The molecule has 4 rings (SSSR count). The molecule has 2 atom stereocenters. The first-order valence-electron chi connectivity index (χ1n) is 9.48. The molecular weight excluding hydrogens is 435 g/mol. The smallest absolute Gasteiger partial charge is 0.336 e. The Kier molecular flexibility index (Phi) is 5.06. The number of benzene rings is 1. The molecule has 0 spiro atoms. The SMILES string of the molecule is N#CC1(NC(=O)[C@@H]2C[C@@H](S(=O)(=O)c3ccc(-n4cccn4)cc3C(F)(F)F)CN2)CC1. The molecule has 2 N–H and O–H groups in total. The summed E-state index contributed by atoms with van der Waals surface area (Å²) in [5, 5.41) is 17.1. The van der Waals surface area contributed by atoms with Crippen LogP contribution in [0.15, 0.2) is 41.6 Å². The number of rotatable bonds is 5. The van der Waals surface area contributed by atoms with Gasteiger partial charge < -0.3 is 10.6 Å². The molecule has 164 valence electrons. The number of nitrogens with one attached hydrogen (secondary N) is 2. The van der Waals surface area contributed by atoms with Crippen molar-refractivity contribution < 1.29 is 26.4 Å². The van der Waals surface area contributed by atoms with Crippen LogP contribution < -0.4 is 10.6 Å². The molecule has 2 aromatic rings. The second kappa shape index (κ2) is 7.35. The van der Waals surface area contributed by atoms with E-state index >= 15 is 0 Å². The maximum Gasteiger partial charge on any atom is 0.417 e. The van der Waals surface area contributed by atoms with Gasteiger partial charge in [0.2, 0.25) is 5.91 Å². The van der Waals surface area contributed by atoms with Gasteiger partial charge in [-0.05, 0) is 43.5 Å². The Morgan fingerprint density at radius 2 is 2.10 bits per heavy atom. The molecule has 0 bridgehead atoms. The van der Waals surface area contributed by atoms with E-state index in [0.29, 0.717) is 12.8 Å². The van der Waals surface area contributed by atoms with E-state index < -0.39 is 49.2 Å². The average molecular weight is 453 g/mol. The molecule has 31 heavy (non-hydrogen) atoms. The van der Waals surface area contributed by atoms with E-state index in [1.165, 1.54) is 29.2 Å². The van der Waals surface area contributed by atoms with E-state index in [4.69, 9.17) is 5.26 Å². The molecule has 1 amide bonds. The monoisotopic (exact) mass is 453 g/mol. The van der Waals surface area contributed by atoms with Crippen LogP contribution in [-0.4, -0.2) is 47.5 Å². The Labute approximate surface area is 176 Å². The summed E-state index contributed by atoms with van der Waals surface area (Å²) in [6.45, 7) is -0.168. The molecule has 1 saturated carbocycles. The summed E-state index contributed by atoms with van der Waals surface area (Å²) < 4.78 is 68.5. The quantitative estimate of drug-likeness (QED) is 0.710. The van der Waals surface area contributed by atoms with Crippen molar-refractivity contribution in [2.45, 2.75) is 47.2 Å². The second-order valence-electron chi connectivity index (χ2n) is 7.68. The van der Waals surface area contributed by atoms with Crippen LogP contribution >= 0.6 is 0 Å². The molecule has 12 heteroatoms. The van der Waals surface area contributed by atoms with Gasteiger partial charge in [0, 0.05) is 18.9 Å². The third-order valence-electron chi connectivity index (χ3n) is 5.52. The lowest BCUT2D eigenvalue weighted by molar-refractivity contribution is -0.139. The second-order valence-corrected chi connectivity index (χ2v) is 9.87. The number of nitrogens with zero attached hydrogens (tertiary/aromatic N) is 3. The van der Waals surface area contributed by atoms with Crippen LogP contribution in [0.3, 0.4) is 0 Å². The largest absolute Gasteiger partial charge is 0.417 e. The zero-order valence-electron chi connectivity index (χ0n) is 16.1. The number of nitriles is 1. The molecule has 0 radical (unpaired) electrons. The summed E-state index contributed by atoms with van der Waals surface area (Å²) >= 11 is 0. The maximum atomic E-state index is 13.7. The van der Waals surface area contributed by atoms with Crippen molar-refractivity contribution >= 4 is 15.7 Å².